The number of rotatable bonds is 8. The molecule has 1 aromatic rings. The maximum absolute atomic E-state index is 11.7. The van der Waals surface area contributed by atoms with Gasteiger partial charge in [-0.05, 0) is 36.5 Å². The number of aliphatic hydroxyl groups excluding tert-OH is 1. The Bertz CT molecular complexity index is 584. The number of hydrogen-bond donors (Lipinski definition) is 1. The zero-order chi connectivity index (χ0) is 16.8. The summed E-state index contributed by atoms with van der Waals surface area (Å²) in [5.74, 6) is -0.647. The molecule has 1 N–H and O–H groups in total. The molecule has 0 aliphatic rings. The number of esters is 1. The summed E-state index contributed by atoms with van der Waals surface area (Å²) in [6.45, 7) is 3.49. The van der Waals surface area contributed by atoms with E-state index in [4.69, 9.17) is 9.84 Å². The predicted octanol–water partition coefficient (Wildman–Crippen LogP) is -1.35. The molecule has 1 aromatic carbocycles. The van der Waals surface area contributed by atoms with Gasteiger partial charge in [-0.2, -0.15) is 0 Å². The molecule has 0 heterocycles. The van der Waals surface area contributed by atoms with Gasteiger partial charge in [0.1, 0.15) is 16.7 Å². The SMILES string of the molecule is CCC(CC(C)C(=O)OCCO)c1ccc(S(=O)(=O)[O-])cc1.[Na+]. The second kappa shape index (κ2) is 10.4. The van der Waals surface area contributed by atoms with Gasteiger partial charge in [-0.1, -0.05) is 26.0 Å². The van der Waals surface area contributed by atoms with Crippen molar-refractivity contribution in [2.75, 3.05) is 13.2 Å². The van der Waals surface area contributed by atoms with E-state index < -0.39 is 10.1 Å². The van der Waals surface area contributed by atoms with Crippen LogP contribution in [0.2, 0.25) is 0 Å². The first-order chi connectivity index (χ1) is 10.3. The molecule has 0 amide bonds. The Morgan fingerprint density at radius 3 is 2.30 bits per heavy atom. The summed E-state index contributed by atoms with van der Waals surface area (Å²) in [6.07, 6.45) is 1.31. The Morgan fingerprint density at radius 1 is 1.30 bits per heavy atom. The summed E-state index contributed by atoms with van der Waals surface area (Å²) in [4.78, 5) is 11.5. The van der Waals surface area contributed by atoms with Crippen molar-refractivity contribution in [3.05, 3.63) is 29.8 Å². The van der Waals surface area contributed by atoms with E-state index in [9.17, 15) is 17.8 Å². The van der Waals surface area contributed by atoms with Crippen molar-refractivity contribution in [3.63, 3.8) is 0 Å². The molecule has 0 fully saturated rings. The van der Waals surface area contributed by atoms with Crippen molar-refractivity contribution in [1.29, 1.82) is 0 Å². The van der Waals surface area contributed by atoms with Crippen LogP contribution in [0.4, 0.5) is 0 Å². The van der Waals surface area contributed by atoms with Crippen LogP contribution in [0.3, 0.4) is 0 Å². The molecule has 8 heteroatoms. The van der Waals surface area contributed by atoms with Crippen LogP contribution in [-0.4, -0.2) is 37.3 Å². The smallest absolute Gasteiger partial charge is 0.744 e. The number of hydrogen-bond acceptors (Lipinski definition) is 6. The van der Waals surface area contributed by atoms with Crippen molar-refractivity contribution in [3.8, 4) is 0 Å². The van der Waals surface area contributed by atoms with E-state index in [-0.39, 0.29) is 65.5 Å². The Morgan fingerprint density at radius 2 is 1.87 bits per heavy atom. The molecule has 1 rings (SSSR count). The quantitative estimate of drug-likeness (QED) is 0.352. The van der Waals surface area contributed by atoms with Gasteiger partial charge in [0, 0.05) is 0 Å². The molecule has 23 heavy (non-hydrogen) atoms. The molecule has 6 nitrogen and oxygen atoms in total. The molecular weight excluding hydrogens is 331 g/mol. The molecule has 0 radical (unpaired) electrons. The van der Waals surface area contributed by atoms with Crippen LogP contribution in [0.15, 0.2) is 29.2 Å². The van der Waals surface area contributed by atoms with E-state index in [1.54, 1.807) is 19.1 Å². The first kappa shape index (κ1) is 22.6. The van der Waals surface area contributed by atoms with Gasteiger partial charge < -0.3 is 14.4 Å². The van der Waals surface area contributed by atoms with E-state index in [1.165, 1.54) is 12.1 Å². The fourth-order valence-electron chi connectivity index (χ4n) is 2.26. The van der Waals surface area contributed by atoms with Crippen LogP contribution in [-0.2, 0) is 19.6 Å². The minimum absolute atomic E-state index is 0. The van der Waals surface area contributed by atoms with Gasteiger partial charge in [0.2, 0.25) is 0 Å². The number of aliphatic hydroxyl groups is 1. The fraction of sp³-hybridized carbons (Fsp3) is 0.533. The monoisotopic (exact) mass is 352 g/mol. The molecule has 0 aromatic heterocycles. The number of carbonyl (C=O) groups excluding carboxylic acids is 1. The van der Waals surface area contributed by atoms with Crippen molar-refractivity contribution in [1.82, 2.24) is 0 Å². The molecule has 0 bridgehead atoms. The van der Waals surface area contributed by atoms with Crippen molar-refractivity contribution < 1.29 is 57.2 Å². The second-order valence-corrected chi connectivity index (χ2v) is 6.54. The van der Waals surface area contributed by atoms with Crippen LogP contribution in [0.1, 0.15) is 38.2 Å². The van der Waals surface area contributed by atoms with Crippen LogP contribution >= 0.6 is 0 Å². The van der Waals surface area contributed by atoms with Crippen molar-refractivity contribution >= 4 is 16.1 Å². The third-order valence-corrected chi connectivity index (χ3v) is 4.36. The van der Waals surface area contributed by atoms with E-state index in [0.717, 1.165) is 12.0 Å². The Kier molecular flexibility index (Phi) is 10.2. The fourth-order valence-corrected chi connectivity index (χ4v) is 2.73. The topological polar surface area (TPSA) is 104 Å². The number of ether oxygens (including phenoxy) is 1. The molecule has 0 aliphatic carbocycles. The van der Waals surface area contributed by atoms with Gasteiger partial charge in [0.05, 0.1) is 17.4 Å². The van der Waals surface area contributed by atoms with Crippen molar-refractivity contribution in [2.45, 2.75) is 37.5 Å². The first-order valence-electron chi connectivity index (χ1n) is 7.13. The Labute approximate surface area is 159 Å². The van der Waals surface area contributed by atoms with Gasteiger partial charge in [-0.25, -0.2) is 8.42 Å². The number of carbonyl (C=O) groups is 1. The average Bonchev–Trinajstić information content (AvgIpc) is 2.49. The average molecular weight is 352 g/mol. The van der Waals surface area contributed by atoms with Crippen LogP contribution in [0.5, 0.6) is 0 Å². The molecule has 0 aliphatic heterocycles. The Hall–Kier alpha value is -0.440. The van der Waals surface area contributed by atoms with Gasteiger partial charge >= 0.3 is 35.5 Å². The molecule has 0 spiro atoms. The third kappa shape index (κ3) is 7.32. The van der Waals surface area contributed by atoms with Crippen LogP contribution in [0.25, 0.3) is 0 Å². The number of benzene rings is 1. The molecular formula is C15H21NaO6S. The predicted molar refractivity (Wildman–Crippen MR) is 79.3 cm³/mol. The molecule has 2 atom stereocenters. The summed E-state index contributed by atoms with van der Waals surface area (Å²) in [5.41, 5.74) is 0.872. The molecule has 0 saturated heterocycles. The van der Waals surface area contributed by atoms with Crippen LogP contribution in [0, 0.1) is 5.92 Å². The Balaban J connectivity index is 0.00000484. The summed E-state index contributed by atoms with van der Waals surface area (Å²) in [7, 11) is -4.45. The molecule has 124 valence electrons. The minimum atomic E-state index is -4.45. The third-order valence-electron chi connectivity index (χ3n) is 3.51. The van der Waals surface area contributed by atoms with E-state index in [2.05, 4.69) is 0 Å². The van der Waals surface area contributed by atoms with E-state index >= 15 is 0 Å². The van der Waals surface area contributed by atoms with Gasteiger partial charge in [0.25, 0.3) is 0 Å². The maximum atomic E-state index is 11.7. The molecule has 2 unspecified atom stereocenters. The maximum Gasteiger partial charge on any atom is 1.00 e. The van der Waals surface area contributed by atoms with Crippen molar-refractivity contribution in [2.24, 2.45) is 5.92 Å². The summed E-state index contributed by atoms with van der Waals surface area (Å²) < 4.78 is 37.6. The van der Waals surface area contributed by atoms with E-state index in [1.807, 2.05) is 6.92 Å². The zero-order valence-corrected chi connectivity index (χ0v) is 16.5. The standard InChI is InChI=1S/C15H22O6S.Na/c1-3-12(10-11(2)15(17)21-9-8-16)13-4-6-14(7-5-13)22(18,19)20;/h4-7,11-12,16H,3,8-10H2,1-2H3,(H,18,19,20);/q;+1/p-1. The molecule has 0 saturated carbocycles. The normalized spacial score (nSPS) is 13.7. The van der Waals surface area contributed by atoms with Crippen LogP contribution < -0.4 is 29.6 Å². The summed E-state index contributed by atoms with van der Waals surface area (Å²) in [6, 6.07) is 5.78. The zero-order valence-electron chi connectivity index (χ0n) is 13.7. The first-order valence-corrected chi connectivity index (χ1v) is 8.53. The van der Waals surface area contributed by atoms with Gasteiger partial charge in [0.15, 0.2) is 0 Å². The van der Waals surface area contributed by atoms with Gasteiger partial charge in [-0.3, -0.25) is 4.79 Å². The largest absolute Gasteiger partial charge is 1.00 e. The summed E-state index contributed by atoms with van der Waals surface area (Å²) >= 11 is 0. The second-order valence-electron chi connectivity index (χ2n) is 5.16. The summed E-state index contributed by atoms with van der Waals surface area (Å²) in [5, 5.41) is 8.64. The minimum Gasteiger partial charge on any atom is -0.744 e. The van der Waals surface area contributed by atoms with E-state index in [0.29, 0.717) is 6.42 Å². The van der Waals surface area contributed by atoms with Gasteiger partial charge in [-0.15, -0.1) is 0 Å².